The van der Waals surface area contributed by atoms with Gasteiger partial charge in [0.15, 0.2) is 11.2 Å². The molecule has 3 heterocycles. The first-order chi connectivity index (χ1) is 14.4. The number of benzene rings is 1. The van der Waals surface area contributed by atoms with Gasteiger partial charge in [-0.05, 0) is 38.7 Å². The van der Waals surface area contributed by atoms with Gasteiger partial charge in [-0.2, -0.15) is 4.98 Å². The van der Waals surface area contributed by atoms with Crippen molar-refractivity contribution in [2.45, 2.75) is 51.7 Å². The molecular weight excluding hydrogens is 380 g/mol. The van der Waals surface area contributed by atoms with Crippen LogP contribution in [0.3, 0.4) is 0 Å². The summed E-state index contributed by atoms with van der Waals surface area (Å²) in [5, 5.41) is 0. The Balaban J connectivity index is 1.91. The fraction of sp³-hybridized carbons (Fsp3) is 0.500. The zero-order chi connectivity index (χ0) is 21.4. The molecule has 1 aromatic carbocycles. The van der Waals surface area contributed by atoms with E-state index in [9.17, 15) is 9.59 Å². The van der Waals surface area contributed by atoms with Crippen molar-refractivity contribution in [3.05, 3.63) is 56.7 Å². The van der Waals surface area contributed by atoms with E-state index in [1.165, 1.54) is 17.2 Å². The number of rotatable bonds is 5. The second-order valence-electron chi connectivity index (χ2n) is 8.43. The van der Waals surface area contributed by atoms with Crippen LogP contribution in [-0.4, -0.2) is 37.8 Å². The molecule has 2 aromatic heterocycles. The molecule has 1 unspecified atom stereocenters. The Bertz CT molecular complexity index is 1160. The molecule has 0 radical (unpaired) electrons. The van der Waals surface area contributed by atoms with Crippen LogP contribution in [-0.2, 0) is 20.0 Å². The number of aryl methyl sites for hydroxylation is 2. The molecule has 1 fully saturated rings. The van der Waals surface area contributed by atoms with E-state index in [2.05, 4.69) is 17.0 Å². The van der Waals surface area contributed by atoms with Gasteiger partial charge in [0.25, 0.3) is 5.56 Å². The van der Waals surface area contributed by atoms with Crippen molar-refractivity contribution in [1.29, 1.82) is 0 Å². The fourth-order valence-corrected chi connectivity index (χ4v) is 4.30. The molecule has 3 aromatic rings. The van der Waals surface area contributed by atoms with Gasteiger partial charge in [-0.25, -0.2) is 4.79 Å². The lowest BCUT2D eigenvalue weighted by atomic mass is 10.1. The van der Waals surface area contributed by atoms with E-state index >= 15 is 0 Å². The number of imidazole rings is 1. The second kappa shape index (κ2) is 8.10. The van der Waals surface area contributed by atoms with Gasteiger partial charge in [0.05, 0.1) is 0 Å². The summed E-state index contributed by atoms with van der Waals surface area (Å²) in [7, 11) is 1.54. The molecule has 0 saturated carbocycles. The zero-order valence-electron chi connectivity index (χ0n) is 17.9. The zero-order valence-corrected chi connectivity index (χ0v) is 17.9. The van der Waals surface area contributed by atoms with E-state index in [0.717, 1.165) is 31.8 Å². The topological polar surface area (TPSA) is 91.1 Å². The van der Waals surface area contributed by atoms with Crippen LogP contribution in [0.2, 0.25) is 0 Å². The fourth-order valence-electron chi connectivity index (χ4n) is 4.30. The molecule has 30 heavy (non-hydrogen) atoms. The lowest BCUT2D eigenvalue weighted by Gasteiger charge is -2.31. The van der Waals surface area contributed by atoms with Crippen molar-refractivity contribution in [1.82, 2.24) is 18.7 Å². The molecule has 2 N–H and O–H groups in total. The summed E-state index contributed by atoms with van der Waals surface area (Å²) in [6, 6.07) is 10.2. The minimum absolute atomic E-state index is 0.0799. The first-order valence-electron chi connectivity index (χ1n) is 10.6. The second-order valence-corrected chi connectivity index (χ2v) is 8.43. The van der Waals surface area contributed by atoms with Crippen molar-refractivity contribution in [2.75, 3.05) is 18.0 Å². The Kier molecular flexibility index (Phi) is 5.51. The predicted octanol–water partition coefficient (Wildman–Crippen LogP) is 1.65. The molecule has 0 amide bonds. The van der Waals surface area contributed by atoms with Crippen LogP contribution in [0.25, 0.3) is 11.2 Å². The molecular formula is C22H30N6O2. The average molecular weight is 411 g/mol. The first kappa shape index (κ1) is 20.4. The molecule has 1 aliphatic rings. The van der Waals surface area contributed by atoms with E-state index in [1.807, 2.05) is 36.6 Å². The van der Waals surface area contributed by atoms with E-state index in [0.29, 0.717) is 24.3 Å². The number of nitrogens with two attached hydrogens (primary N) is 1. The Hall–Kier alpha value is -2.87. The van der Waals surface area contributed by atoms with Gasteiger partial charge in [-0.15, -0.1) is 0 Å². The van der Waals surface area contributed by atoms with Gasteiger partial charge < -0.3 is 15.2 Å². The third kappa shape index (κ3) is 3.56. The maximum absolute atomic E-state index is 13.2. The van der Waals surface area contributed by atoms with Gasteiger partial charge in [0.1, 0.15) is 0 Å². The normalized spacial score (nSPS) is 17.2. The molecule has 1 atom stereocenters. The summed E-state index contributed by atoms with van der Waals surface area (Å²) in [5.74, 6) is 0.730. The first-order valence-corrected chi connectivity index (χ1v) is 10.6. The van der Waals surface area contributed by atoms with Crippen LogP contribution in [0.4, 0.5) is 5.95 Å². The number of hydrogen-bond acceptors (Lipinski definition) is 5. The summed E-state index contributed by atoms with van der Waals surface area (Å²) < 4.78 is 4.79. The number of fused-ring (bicyclic) bond motifs is 1. The molecule has 8 heteroatoms. The molecule has 1 saturated heterocycles. The van der Waals surface area contributed by atoms with Crippen molar-refractivity contribution in [3.63, 3.8) is 0 Å². The van der Waals surface area contributed by atoms with Crippen molar-refractivity contribution >= 4 is 17.1 Å². The van der Waals surface area contributed by atoms with Gasteiger partial charge in [0, 0.05) is 38.8 Å². The summed E-state index contributed by atoms with van der Waals surface area (Å²) in [6.45, 7) is 6.01. The van der Waals surface area contributed by atoms with E-state index in [-0.39, 0.29) is 23.3 Å². The molecule has 160 valence electrons. The third-order valence-corrected chi connectivity index (χ3v) is 5.88. The van der Waals surface area contributed by atoms with Gasteiger partial charge in [0.2, 0.25) is 5.95 Å². The van der Waals surface area contributed by atoms with E-state index < -0.39 is 0 Å². The van der Waals surface area contributed by atoms with Gasteiger partial charge in [-0.3, -0.25) is 13.9 Å². The minimum Gasteiger partial charge on any atom is -0.341 e. The molecule has 8 nitrogen and oxygen atoms in total. The highest BCUT2D eigenvalue weighted by molar-refractivity contribution is 5.75. The standard InChI is InChI=1S/C22H30N6O2/c1-15(2)28-19-18(20(29)25(3)22(28)30)27(13-11-16-8-5-4-6-9-16)21(24-19)26-12-7-10-17(23)14-26/h4-6,8-9,15,17H,7,10-14,23H2,1-3H3. The van der Waals surface area contributed by atoms with Crippen molar-refractivity contribution in [3.8, 4) is 0 Å². The highest BCUT2D eigenvalue weighted by Crippen LogP contribution is 2.24. The van der Waals surface area contributed by atoms with Crippen LogP contribution in [0.5, 0.6) is 0 Å². The van der Waals surface area contributed by atoms with Gasteiger partial charge in [-0.1, -0.05) is 30.3 Å². The van der Waals surface area contributed by atoms with Gasteiger partial charge >= 0.3 is 5.69 Å². The maximum Gasteiger partial charge on any atom is 0.332 e. The highest BCUT2D eigenvalue weighted by atomic mass is 16.2. The maximum atomic E-state index is 13.2. The predicted molar refractivity (Wildman–Crippen MR) is 119 cm³/mol. The molecule has 0 bridgehead atoms. The summed E-state index contributed by atoms with van der Waals surface area (Å²) in [6.07, 6.45) is 2.74. The number of anilines is 1. The van der Waals surface area contributed by atoms with Crippen LogP contribution < -0.4 is 21.9 Å². The van der Waals surface area contributed by atoms with Crippen LogP contribution in [0.15, 0.2) is 39.9 Å². The SMILES string of the molecule is CC(C)n1c(=O)n(C)c(=O)c2c1nc(N1CCCC(N)C1)n2CCc1ccccc1. The average Bonchev–Trinajstić information content (AvgIpc) is 3.10. The number of nitrogens with zero attached hydrogens (tertiary/aromatic N) is 5. The Morgan fingerprint density at radius 1 is 1.20 bits per heavy atom. The summed E-state index contributed by atoms with van der Waals surface area (Å²) in [5.41, 5.74) is 7.72. The summed E-state index contributed by atoms with van der Waals surface area (Å²) >= 11 is 0. The number of piperidine rings is 1. The number of aromatic nitrogens is 4. The van der Waals surface area contributed by atoms with Crippen LogP contribution in [0, 0.1) is 0 Å². The van der Waals surface area contributed by atoms with E-state index in [1.54, 1.807) is 4.57 Å². The quantitative estimate of drug-likeness (QED) is 0.691. The smallest absolute Gasteiger partial charge is 0.332 e. The molecule has 4 rings (SSSR count). The lowest BCUT2D eigenvalue weighted by Crippen LogP contribution is -2.44. The molecule has 1 aliphatic heterocycles. The number of hydrogen-bond donors (Lipinski definition) is 1. The molecule has 0 spiro atoms. The van der Waals surface area contributed by atoms with Crippen LogP contribution in [0.1, 0.15) is 38.3 Å². The van der Waals surface area contributed by atoms with Crippen molar-refractivity contribution < 1.29 is 0 Å². The Morgan fingerprint density at radius 3 is 2.60 bits per heavy atom. The lowest BCUT2D eigenvalue weighted by molar-refractivity contribution is 0.493. The minimum atomic E-state index is -0.336. The van der Waals surface area contributed by atoms with E-state index in [4.69, 9.17) is 10.7 Å². The highest BCUT2D eigenvalue weighted by Gasteiger charge is 2.26. The third-order valence-electron chi connectivity index (χ3n) is 5.88. The Morgan fingerprint density at radius 2 is 1.93 bits per heavy atom. The Labute approximate surface area is 175 Å². The van der Waals surface area contributed by atoms with Crippen LogP contribution >= 0.6 is 0 Å². The monoisotopic (exact) mass is 410 g/mol. The largest absolute Gasteiger partial charge is 0.341 e. The van der Waals surface area contributed by atoms with Crippen molar-refractivity contribution in [2.24, 2.45) is 12.8 Å². The molecule has 0 aliphatic carbocycles. The summed E-state index contributed by atoms with van der Waals surface area (Å²) in [4.78, 5) is 33.0.